The Hall–Kier alpha value is -2.19. The van der Waals surface area contributed by atoms with Crippen LogP contribution in [0, 0.1) is 13.8 Å². The van der Waals surface area contributed by atoms with Gasteiger partial charge in [0.25, 0.3) is 0 Å². The first-order valence-electron chi connectivity index (χ1n) is 9.07. The van der Waals surface area contributed by atoms with Crippen molar-refractivity contribution < 1.29 is 9.90 Å². The lowest BCUT2D eigenvalue weighted by Gasteiger charge is -2.26. The van der Waals surface area contributed by atoms with Crippen molar-refractivity contribution in [3.8, 4) is 0 Å². The van der Waals surface area contributed by atoms with Gasteiger partial charge in [-0.05, 0) is 26.5 Å². The molecule has 1 amide bonds. The Morgan fingerprint density at radius 2 is 2.15 bits per heavy atom. The second kappa shape index (κ2) is 8.01. The first-order valence-corrected chi connectivity index (χ1v) is 9.07. The number of nitrogens with zero attached hydrogens (tertiary/aromatic N) is 6. The van der Waals surface area contributed by atoms with Crippen molar-refractivity contribution in [2.24, 2.45) is 0 Å². The standard InChI is InChI=1S/C18H28N6O2/c1-14-10-20-24(11-14)6-4-18(26)23-12-16(17(25)13-23)21(3)8-9-22-7-5-19-15(22)2/h5,7,10-11,16-17,25H,4,6,8-9,12-13H2,1-3H3/t16-,17-/m0/s1. The van der Waals surface area contributed by atoms with Crippen molar-refractivity contribution in [1.82, 2.24) is 29.1 Å². The lowest BCUT2D eigenvalue weighted by molar-refractivity contribution is -0.130. The van der Waals surface area contributed by atoms with Gasteiger partial charge in [0.15, 0.2) is 0 Å². The number of likely N-dealkylation sites (N-methyl/N-ethyl adjacent to an activating group) is 1. The number of hydrogen-bond donors (Lipinski definition) is 1. The van der Waals surface area contributed by atoms with Gasteiger partial charge in [-0.15, -0.1) is 0 Å². The number of β-amino-alcohol motifs (C(OH)–C–C–N with tert-alkyl or cyclic N) is 1. The normalized spacial score (nSPS) is 20.3. The van der Waals surface area contributed by atoms with Crippen molar-refractivity contribution in [2.45, 2.75) is 45.5 Å². The molecule has 2 atom stereocenters. The minimum Gasteiger partial charge on any atom is -0.390 e. The molecule has 8 nitrogen and oxygen atoms in total. The van der Waals surface area contributed by atoms with Gasteiger partial charge in [-0.1, -0.05) is 0 Å². The molecule has 2 aromatic rings. The summed E-state index contributed by atoms with van der Waals surface area (Å²) in [7, 11) is 2.00. The molecule has 1 aliphatic heterocycles. The molecular weight excluding hydrogens is 332 g/mol. The van der Waals surface area contributed by atoms with Crippen LogP contribution < -0.4 is 0 Å². The Bertz CT molecular complexity index is 740. The van der Waals surface area contributed by atoms with Crippen LogP contribution in [0.2, 0.25) is 0 Å². The minimum atomic E-state index is -0.514. The van der Waals surface area contributed by atoms with E-state index in [4.69, 9.17) is 0 Å². The van der Waals surface area contributed by atoms with Crippen LogP contribution in [-0.4, -0.2) is 79.0 Å². The van der Waals surface area contributed by atoms with Crippen LogP contribution in [0.1, 0.15) is 17.8 Å². The Balaban J connectivity index is 1.48. The number of carbonyl (C=O) groups excluding carboxylic acids is 1. The monoisotopic (exact) mass is 360 g/mol. The van der Waals surface area contributed by atoms with Gasteiger partial charge >= 0.3 is 0 Å². The Labute approximate surface area is 154 Å². The topological polar surface area (TPSA) is 79.4 Å². The largest absolute Gasteiger partial charge is 0.390 e. The van der Waals surface area contributed by atoms with Crippen LogP contribution >= 0.6 is 0 Å². The van der Waals surface area contributed by atoms with Crippen LogP contribution in [0.3, 0.4) is 0 Å². The van der Waals surface area contributed by atoms with Gasteiger partial charge in [-0.2, -0.15) is 5.10 Å². The molecular formula is C18H28N6O2. The second-order valence-electron chi connectivity index (χ2n) is 7.11. The molecule has 3 heterocycles. The molecule has 8 heteroatoms. The van der Waals surface area contributed by atoms with Gasteiger partial charge < -0.3 is 14.6 Å². The number of likely N-dealkylation sites (tertiary alicyclic amines) is 1. The number of imidazole rings is 1. The van der Waals surface area contributed by atoms with Gasteiger partial charge in [0.05, 0.1) is 18.3 Å². The van der Waals surface area contributed by atoms with Crippen LogP contribution in [0.15, 0.2) is 24.8 Å². The summed E-state index contributed by atoms with van der Waals surface area (Å²) in [6, 6.07) is -0.0327. The number of aryl methyl sites for hydroxylation is 3. The third-order valence-corrected chi connectivity index (χ3v) is 5.11. The molecule has 2 aromatic heterocycles. The fourth-order valence-corrected chi connectivity index (χ4v) is 3.44. The molecule has 1 N–H and O–H groups in total. The van der Waals surface area contributed by atoms with Crippen molar-refractivity contribution in [2.75, 3.05) is 26.7 Å². The summed E-state index contributed by atoms with van der Waals surface area (Å²) in [5.74, 6) is 1.05. The molecule has 0 bridgehead atoms. The molecule has 1 saturated heterocycles. The lowest BCUT2D eigenvalue weighted by Crippen LogP contribution is -2.42. The first-order chi connectivity index (χ1) is 12.4. The fourth-order valence-electron chi connectivity index (χ4n) is 3.44. The predicted molar refractivity (Wildman–Crippen MR) is 97.5 cm³/mol. The number of amides is 1. The Morgan fingerprint density at radius 3 is 2.81 bits per heavy atom. The summed E-state index contributed by atoms with van der Waals surface area (Å²) >= 11 is 0. The summed E-state index contributed by atoms with van der Waals surface area (Å²) in [6.45, 7) is 7.11. The van der Waals surface area contributed by atoms with Gasteiger partial charge in [0.1, 0.15) is 5.82 Å². The molecule has 0 aromatic carbocycles. The van der Waals surface area contributed by atoms with Crippen LogP contribution in [-0.2, 0) is 17.9 Å². The quantitative estimate of drug-likeness (QED) is 0.768. The average molecular weight is 360 g/mol. The van der Waals surface area contributed by atoms with E-state index in [9.17, 15) is 9.90 Å². The average Bonchev–Trinajstić information content (AvgIpc) is 3.31. The second-order valence-corrected chi connectivity index (χ2v) is 7.11. The summed E-state index contributed by atoms with van der Waals surface area (Å²) in [5, 5.41) is 14.6. The highest BCUT2D eigenvalue weighted by Crippen LogP contribution is 2.17. The molecule has 0 unspecified atom stereocenters. The van der Waals surface area contributed by atoms with Gasteiger partial charge in [-0.25, -0.2) is 4.98 Å². The van der Waals surface area contributed by atoms with Crippen molar-refractivity contribution >= 4 is 5.91 Å². The zero-order valence-corrected chi connectivity index (χ0v) is 15.7. The van der Waals surface area contributed by atoms with E-state index in [1.165, 1.54) is 0 Å². The molecule has 0 radical (unpaired) electrons. The van der Waals surface area contributed by atoms with Gasteiger partial charge in [0, 0.05) is 57.7 Å². The van der Waals surface area contributed by atoms with E-state index in [0.717, 1.165) is 24.5 Å². The van der Waals surface area contributed by atoms with Crippen molar-refractivity contribution in [3.05, 3.63) is 36.2 Å². The van der Waals surface area contributed by atoms with Crippen LogP contribution in [0.25, 0.3) is 0 Å². The summed E-state index contributed by atoms with van der Waals surface area (Å²) in [5.41, 5.74) is 1.09. The molecule has 3 rings (SSSR count). The lowest BCUT2D eigenvalue weighted by atomic mass is 10.2. The number of aliphatic hydroxyl groups excluding tert-OH is 1. The van der Waals surface area contributed by atoms with Crippen molar-refractivity contribution in [3.63, 3.8) is 0 Å². The zero-order chi connectivity index (χ0) is 18.7. The number of aliphatic hydroxyl groups is 1. The fraction of sp³-hybridized carbons (Fsp3) is 0.611. The van der Waals surface area contributed by atoms with Gasteiger partial charge in [0.2, 0.25) is 5.91 Å². The highest BCUT2D eigenvalue weighted by molar-refractivity contribution is 5.76. The first kappa shape index (κ1) is 18.6. The van der Waals surface area contributed by atoms with E-state index in [1.807, 2.05) is 33.3 Å². The molecule has 0 spiro atoms. The molecule has 26 heavy (non-hydrogen) atoms. The van der Waals surface area contributed by atoms with E-state index in [-0.39, 0.29) is 11.9 Å². The highest BCUT2D eigenvalue weighted by atomic mass is 16.3. The smallest absolute Gasteiger partial charge is 0.224 e. The molecule has 1 aliphatic rings. The summed E-state index contributed by atoms with van der Waals surface area (Å²) < 4.78 is 3.88. The number of carbonyl (C=O) groups is 1. The van der Waals surface area contributed by atoms with E-state index in [2.05, 4.69) is 19.5 Å². The van der Waals surface area contributed by atoms with E-state index in [0.29, 0.717) is 26.1 Å². The number of rotatable bonds is 7. The highest BCUT2D eigenvalue weighted by Gasteiger charge is 2.36. The summed E-state index contributed by atoms with van der Waals surface area (Å²) in [4.78, 5) is 20.6. The number of hydrogen-bond acceptors (Lipinski definition) is 5. The maximum Gasteiger partial charge on any atom is 0.224 e. The Morgan fingerprint density at radius 1 is 1.35 bits per heavy atom. The molecule has 0 aliphatic carbocycles. The van der Waals surface area contributed by atoms with E-state index >= 15 is 0 Å². The maximum atomic E-state index is 12.5. The third-order valence-electron chi connectivity index (χ3n) is 5.11. The minimum absolute atomic E-state index is 0.0327. The predicted octanol–water partition coefficient (Wildman–Crippen LogP) is 0.290. The number of aromatic nitrogens is 4. The zero-order valence-electron chi connectivity index (χ0n) is 15.7. The van der Waals surface area contributed by atoms with Crippen LogP contribution in [0.4, 0.5) is 0 Å². The molecule has 0 saturated carbocycles. The van der Waals surface area contributed by atoms with Crippen molar-refractivity contribution in [1.29, 1.82) is 0 Å². The Kier molecular flexibility index (Phi) is 5.73. The molecule has 142 valence electrons. The maximum absolute atomic E-state index is 12.5. The molecule has 1 fully saturated rings. The van der Waals surface area contributed by atoms with E-state index < -0.39 is 6.10 Å². The SMILES string of the molecule is Cc1cnn(CCC(=O)N2C[C@H](O)[C@@H](N(C)CCn3ccnc3C)C2)c1. The van der Waals surface area contributed by atoms with Gasteiger partial charge in [-0.3, -0.25) is 14.4 Å². The third kappa shape index (κ3) is 4.31. The van der Waals surface area contributed by atoms with E-state index in [1.54, 1.807) is 22.0 Å². The summed E-state index contributed by atoms with van der Waals surface area (Å²) in [6.07, 6.45) is 7.36. The van der Waals surface area contributed by atoms with Crippen LogP contribution in [0.5, 0.6) is 0 Å².